The third-order valence-electron chi connectivity index (χ3n) is 1.21. The zero-order valence-electron chi connectivity index (χ0n) is 7.94. The Morgan fingerprint density at radius 2 is 1.92 bits per heavy atom. The quantitative estimate of drug-likeness (QED) is 0.482. The van der Waals surface area contributed by atoms with Gasteiger partial charge in [-0.3, -0.25) is 4.18 Å². The summed E-state index contributed by atoms with van der Waals surface area (Å²) in [6.45, 7) is 3.50. The van der Waals surface area contributed by atoms with Crippen molar-refractivity contribution in [3.05, 3.63) is 0 Å². The number of rotatable bonds is 5. The van der Waals surface area contributed by atoms with Gasteiger partial charge in [-0.2, -0.15) is 8.42 Å². The van der Waals surface area contributed by atoms with Crippen molar-refractivity contribution in [2.45, 2.75) is 26.4 Å². The van der Waals surface area contributed by atoms with Crippen LogP contribution in [0.4, 0.5) is 0 Å². The van der Waals surface area contributed by atoms with Crippen molar-refractivity contribution in [3.8, 4) is 0 Å². The highest BCUT2D eigenvalue weighted by Crippen LogP contribution is 2.04. The van der Waals surface area contributed by atoms with Crippen LogP contribution in [0, 0.1) is 0 Å². The van der Waals surface area contributed by atoms with Crippen molar-refractivity contribution in [2.24, 2.45) is 0 Å². The molecule has 0 rings (SSSR count). The molecule has 0 fully saturated rings. The van der Waals surface area contributed by atoms with Gasteiger partial charge in [-0.15, -0.1) is 0 Å². The highest BCUT2D eigenvalue weighted by molar-refractivity contribution is 7.86. The predicted octanol–water partition coefficient (Wildman–Crippen LogP) is 0.304. The van der Waals surface area contributed by atoms with Crippen LogP contribution >= 0.6 is 0 Å². The largest absolute Gasteiger partial charge is 0.464 e. The lowest BCUT2D eigenvalue weighted by molar-refractivity contribution is -0.151. The van der Waals surface area contributed by atoms with Crippen LogP contribution in [0.2, 0.25) is 0 Å². The third-order valence-corrected chi connectivity index (χ3v) is 1.79. The summed E-state index contributed by atoms with van der Waals surface area (Å²) >= 11 is 0. The second-order valence-electron chi connectivity index (χ2n) is 2.45. The van der Waals surface area contributed by atoms with Crippen LogP contribution in [0.1, 0.15) is 20.3 Å². The third kappa shape index (κ3) is 5.59. The van der Waals surface area contributed by atoms with E-state index < -0.39 is 22.2 Å². The summed E-state index contributed by atoms with van der Waals surface area (Å²) in [5.74, 6) is -0.643. The lowest BCUT2D eigenvalue weighted by Gasteiger charge is -2.12. The Morgan fingerprint density at radius 3 is 2.23 bits per heavy atom. The maximum absolute atomic E-state index is 11.0. The van der Waals surface area contributed by atoms with Gasteiger partial charge >= 0.3 is 5.97 Å². The summed E-state index contributed by atoms with van der Waals surface area (Å²) < 4.78 is 30.5. The Bertz CT molecular complexity index is 256. The summed E-state index contributed by atoms with van der Waals surface area (Å²) in [5.41, 5.74) is 0. The minimum atomic E-state index is -3.60. The second-order valence-corrected chi connectivity index (χ2v) is 4.05. The number of carbonyl (C=O) groups is 1. The van der Waals surface area contributed by atoms with Gasteiger partial charge in [0.15, 0.2) is 6.10 Å². The zero-order valence-corrected chi connectivity index (χ0v) is 8.76. The van der Waals surface area contributed by atoms with Gasteiger partial charge in [0.1, 0.15) is 0 Å². The van der Waals surface area contributed by atoms with Gasteiger partial charge in [0.2, 0.25) is 0 Å². The molecule has 0 aromatic rings. The highest BCUT2D eigenvalue weighted by Gasteiger charge is 2.22. The molecule has 0 saturated heterocycles. The number of esters is 1. The molecule has 13 heavy (non-hydrogen) atoms. The molecule has 5 nitrogen and oxygen atoms in total. The molecule has 0 aromatic carbocycles. The van der Waals surface area contributed by atoms with Gasteiger partial charge in [-0.25, -0.2) is 4.79 Å². The molecule has 0 bridgehead atoms. The molecule has 6 heteroatoms. The number of hydrogen-bond acceptors (Lipinski definition) is 5. The van der Waals surface area contributed by atoms with Gasteiger partial charge in [0.05, 0.1) is 12.9 Å². The highest BCUT2D eigenvalue weighted by atomic mass is 32.2. The first-order valence-corrected chi connectivity index (χ1v) is 5.77. The Hall–Kier alpha value is -0.620. The van der Waals surface area contributed by atoms with E-state index in [1.54, 1.807) is 13.8 Å². The molecule has 0 aliphatic rings. The van der Waals surface area contributed by atoms with Gasteiger partial charge in [0.25, 0.3) is 10.1 Å². The Labute approximate surface area is 78.2 Å². The van der Waals surface area contributed by atoms with Gasteiger partial charge in [-0.05, 0) is 13.3 Å². The summed E-state index contributed by atoms with van der Waals surface area (Å²) in [6, 6.07) is 0. The van der Waals surface area contributed by atoms with E-state index in [4.69, 9.17) is 0 Å². The molecule has 0 aliphatic heterocycles. The standard InChI is InChI=1S/C7H14O5S/c1-4-6(7(8)11-5-2)12-13(3,9)10/h6H,4-5H2,1-3H3. The zero-order chi connectivity index (χ0) is 10.5. The van der Waals surface area contributed by atoms with E-state index in [1.165, 1.54) is 0 Å². The van der Waals surface area contributed by atoms with Crippen LogP contribution < -0.4 is 0 Å². The summed E-state index contributed by atoms with van der Waals surface area (Å²) in [5, 5.41) is 0. The normalized spacial score (nSPS) is 13.8. The number of hydrogen-bond donors (Lipinski definition) is 0. The van der Waals surface area contributed by atoms with Crippen LogP contribution in [0.15, 0.2) is 0 Å². The lowest BCUT2D eigenvalue weighted by atomic mass is 10.3. The van der Waals surface area contributed by atoms with Crippen molar-refractivity contribution < 1.29 is 22.1 Å². The van der Waals surface area contributed by atoms with Crippen LogP contribution in [0.5, 0.6) is 0 Å². The molecule has 0 N–H and O–H groups in total. The summed E-state index contributed by atoms with van der Waals surface area (Å²) in [7, 11) is -3.60. The average molecular weight is 210 g/mol. The van der Waals surface area contributed by atoms with Crippen molar-refractivity contribution in [1.82, 2.24) is 0 Å². The molecule has 0 aromatic heterocycles. The Kier molecular flexibility index (Phi) is 4.94. The summed E-state index contributed by atoms with van der Waals surface area (Å²) in [6.07, 6.45) is 0.149. The minimum absolute atomic E-state index is 0.211. The summed E-state index contributed by atoms with van der Waals surface area (Å²) in [4.78, 5) is 11.0. The number of ether oxygens (including phenoxy) is 1. The minimum Gasteiger partial charge on any atom is -0.464 e. The van der Waals surface area contributed by atoms with Crippen molar-refractivity contribution in [3.63, 3.8) is 0 Å². The van der Waals surface area contributed by atoms with Crippen LogP contribution in [-0.2, 0) is 23.8 Å². The molecule has 1 unspecified atom stereocenters. The fraction of sp³-hybridized carbons (Fsp3) is 0.857. The van der Waals surface area contributed by atoms with E-state index in [1.807, 2.05) is 0 Å². The van der Waals surface area contributed by atoms with Crippen LogP contribution in [-0.4, -0.2) is 33.4 Å². The topological polar surface area (TPSA) is 69.7 Å². The monoisotopic (exact) mass is 210 g/mol. The maximum Gasteiger partial charge on any atom is 0.336 e. The van der Waals surface area contributed by atoms with Gasteiger partial charge in [0, 0.05) is 0 Å². The van der Waals surface area contributed by atoms with Crippen molar-refractivity contribution in [2.75, 3.05) is 12.9 Å². The molecule has 0 heterocycles. The van der Waals surface area contributed by atoms with Crippen LogP contribution in [0.3, 0.4) is 0 Å². The van der Waals surface area contributed by atoms with Crippen molar-refractivity contribution in [1.29, 1.82) is 0 Å². The first-order chi connectivity index (χ1) is 5.90. The van der Waals surface area contributed by atoms with E-state index in [2.05, 4.69) is 8.92 Å². The average Bonchev–Trinajstić information content (AvgIpc) is 1.99. The van der Waals surface area contributed by atoms with Gasteiger partial charge < -0.3 is 4.74 Å². The van der Waals surface area contributed by atoms with E-state index in [0.29, 0.717) is 0 Å². The van der Waals surface area contributed by atoms with E-state index in [9.17, 15) is 13.2 Å². The fourth-order valence-electron chi connectivity index (χ4n) is 0.720. The first-order valence-electron chi connectivity index (χ1n) is 3.95. The Balaban J connectivity index is 4.27. The molecule has 1 atom stereocenters. The predicted molar refractivity (Wildman–Crippen MR) is 46.6 cm³/mol. The smallest absolute Gasteiger partial charge is 0.336 e. The lowest BCUT2D eigenvalue weighted by Crippen LogP contribution is -2.28. The van der Waals surface area contributed by atoms with Crippen molar-refractivity contribution >= 4 is 16.1 Å². The molecule has 0 amide bonds. The maximum atomic E-state index is 11.0. The van der Waals surface area contributed by atoms with E-state index in [0.717, 1.165) is 6.26 Å². The van der Waals surface area contributed by atoms with Gasteiger partial charge in [-0.1, -0.05) is 6.92 Å². The first kappa shape index (κ1) is 12.4. The SMILES string of the molecule is CCOC(=O)C(CC)OS(C)(=O)=O. The second kappa shape index (κ2) is 5.18. The Morgan fingerprint density at radius 1 is 1.38 bits per heavy atom. The molecule has 0 saturated carbocycles. The molecule has 78 valence electrons. The molecular weight excluding hydrogens is 196 g/mol. The molecule has 0 radical (unpaired) electrons. The number of carbonyl (C=O) groups excluding carboxylic acids is 1. The van der Waals surface area contributed by atoms with E-state index in [-0.39, 0.29) is 13.0 Å². The molecular formula is C7H14O5S. The molecule has 0 spiro atoms. The van der Waals surface area contributed by atoms with E-state index >= 15 is 0 Å². The fourth-order valence-corrected chi connectivity index (χ4v) is 1.36. The van der Waals surface area contributed by atoms with Crippen LogP contribution in [0.25, 0.3) is 0 Å². The molecule has 0 aliphatic carbocycles.